The highest BCUT2D eigenvalue weighted by molar-refractivity contribution is 7.14. The molecule has 2 aliphatic carbocycles. The van der Waals surface area contributed by atoms with Crippen molar-refractivity contribution in [3.8, 4) is 0 Å². The summed E-state index contributed by atoms with van der Waals surface area (Å²) in [6, 6.07) is 2.16. The van der Waals surface area contributed by atoms with E-state index in [1.54, 1.807) is 0 Å². The third-order valence-electron chi connectivity index (χ3n) is 7.69. The van der Waals surface area contributed by atoms with Gasteiger partial charge in [-0.1, -0.05) is 27.7 Å². The maximum Gasteiger partial charge on any atom is 0.350 e. The van der Waals surface area contributed by atoms with Crippen molar-refractivity contribution < 1.29 is 23.8 Å². The highest BCUT2D eigenvalue weighted by Crippen LogP contribution is 2.42. The number of hydrogen-bond acceptors (Lipinski definition) is 6. The molecule has 0 bridgehead atoms. The molecule has 3 aliphatic rings. The summed E-state index contributed by atoms with van der Waals surface area (Å²) in [5, 5.41) is 0. The Bertz CT molecular complexity index is 855. The minimum atomic E-state index is -0.354. The van der Waals surface area contributed by atoms with Crippen LogP contribution in [0.2, 0.25) is 0 Å². The second-order valence-corrected chi connectivity index (χ2v) is 12.5. The van der Waals surface area contributed by atoms with Crippen molar-refractivity contribution in [3.05, 3.63) is 15.8 Å². The fraction of sp³-hybridized carbons (Fsp3) is 0.778. The molecule has 0 unspecified atom stereocenters. The molecule has 34 heavy (non-hydrogen) atoms. The van der Waals surface area contributed by atoms with Gasteiger partial charge in [0.05, 0.1) is 32.1 Å². The number of rotatable bonds is 6. The lowest BCUT2D eigenvalue weighted by Gasteiger charge is -2.40. The van der Waals surface area contributed by atoms with Gasteiger partial charge in [-0.2, -0.15) is 0 Å². The van der Waals surface area contributed by atoms with Crippen LogP contribution in [0.4, 0.5) is 5.69 Å². The Labute approximate surface area is 208 Å². The van der Waals surface area contributed by atoms with E-state index in [-0.39, 0.29) is 41.5 Å². The summed E-state index contributed by atoms with van der Waals surface area (Å²) in [6.07, 6.45) is 8.12. The Morgan fingerprint density at radius 1 is 1.00 bits per heavy atom. The molecule has 0 atom stereocenters. The number of ether oxygens (including phenoxy) is 3. The first-order valence-corrected chi connectivity index (χ1v) is 13.8. The smallest absolute Gasteiger partial charge is 0.350 e. The average Bonchev–Trinajstić information content (AvgIpc) is 3.23. The molecule has 4 rings (SSSR count). The van der Waals surface area contributed by atoms with Crippen LogP contribution in [0.3, 0.4) is 0 Å². The van der Waals surface area contributed by atoms with Crippen LogP contribution in [0.5, 0.6) is 0 Å². The fourth-order valence-electron chi connectivity index (χ4n) is 5.37. The molecule has 0 N–H and O–H groups in total. The normalized spacial score (nSPS) is 28.3. The van der Waals surface area contributed by atoms with E-state index in [2.05, 4.69) is 33.8 Å². The minimum absolute atomic E-state index is 0.0285. The third-order valence-corrected chi connectivity index (χ3v) is 9.22. The van der Waals surface area contributed by atoms with Crippen LogP contribution >= 0.6 is 11.3 Å². The maximum atomic E-state index is 14.1. The van der Waals surface area contributed by atoms with Gasteiger partial charge in [-0.05, 0) is 68.8 Å². The van der Waals surface area contributed by atoms with Crippen LogP contribution in [0, 0.1) is 11.8 Å². The van der Waals surface area contributed by atoms with Crippen LogP contribution in [-0.4, -0.2) is 50.4 Å². The molecule has 1 saturated heterocycles. The molecule has 0 aromatic carbocycles. The van der Waals surface area contributed by atoms with Gasteiger partial charge in [-0.3, -0.25) is 4.79 Å². The summed E-state index contributed by atoms with van der Waals surface area (Å²) in [5.41, 5.74) is 0.638. The number of amides is 1. The highest BCUT2D eigenvalue weighted by Gasteiger charge is 2.39. The predicted octanol–water partition coefficient (Wildman–Crippen LogP) is 5.72. The molecule has 6 nitrogen and oxygen atoms in total. The SMILES string of the molecule is COC(=O)c1sc(C(C)(C)C)cc1N(C(=O)C1CCC(C)CC1)C1CCC(OC2COC2)CC1. The number of carbonyl (C=O) groups is 2. The van der Waals surface area contributed by atoms with Crippen molar-refractivity contribution in [1.82, 2.24) is 0 Å². The molecule has 1 aromatic rings. The number of esters is 1. The molecule has 7 heteroatoms. The lowest BCUT2D eigenvalue weighted by atomic mass is 9.81. The largest absolute Gasteiger partial charge is 0.465 e. The van der Waals surface area contributed by atoms with Gasteiger partial charge >= 0.3 is 5.97 Å². The Morgan fingerprint density at radius 3 is 2.18 bits per heavy atom. The quantitative estimate of drug-likeness (QED) is 0.476. The first-order chi connectivity index (χ1) is 16.2. The number of carbonyl (C=O) groups excluding carboxylic acids is 2. The lowest BCUT2D eigenvalue weighted by molar-refractivity contribution is -0.160. The van der Waals surface area contributed by atoms with E-state index >= 15 is 0 Å². The molecule has 1 amide bonds. The summed E-state index contributed by atoms with van der Waals surface area (Å²) in [7, 11) is 1.42. The monoisotopic (exact) mass is 491 g/mol. The Morgan fingerprint density at radius 2 is 1.65 bits per heavy atom. The van der Waals surface area contributed by atoms with Crippen LogP contribution in [0.15, 0.2) is 6.07 Å². The first kappa shape index (κ1) is 25.6. The number of methoxy groups -OCH3 is 1. The number of nitrogens with zero attached hydrogens (tertiary/aromatic N) is 1. The molecular formula is C27H41NO5S. The van der Waals surface area contributed by atoms with Crippen molar-refractivity contribution in [2.24, 2.45) is 11.8 Å². The Hall–Kier alpha value is -1.44. The van der Waals surface area contributed by atoms with Crippen molar-refractivity contribution in [2.45, 2.75) is 103 Å². The van der Waals surface area contributed by atoms with Gasteiger partial charge in [-0.25, -0.2) is 4.79 Å². The zero-order valence-electron chi connectivity index (χ0n) is 21.4. The van der Waals surface area contributed by atoms with Gasteiger partial charge in [0.1, 0.15) is 11.0 Å². The second kappa shape index (κ2) is 10.7. The zero-order valence-corrected chi connectivity index (χ0v) is 22.2. The maximum absolute atomic E-state index is 14.1. The van der Waals surface area contributed by atoms with E-state index in [9.17, 15) is 9.59 Å². The topological polar surface area (TPSA) is 65.1 Å². The van der Waals surface area contributed by atoms with E-state index < -0.39 is 0 Å². The summed E-state index contributed by atoms with van der Waals surface area (Å²) < 4.78 is 16.6. The third kappa shape index (κ3) is 5.68. The summed E-state index contributed by atoms with van der Waals surface area (Å²) >= 11 is 1.47. The minimum Gasteiger partial charge on any atom is -0.465 e. The van der Waals surface area contributed by atoms with Crippen LogP contribution in [-0.2, 0) is 24.4 Å². The van der Waals surface area contributed by atoms with Crippen LogP contribution in [0.25, 0.3) is 0 Å². The van der Waals surface area contributed by atoms with E-state index in [4.69, 9.17) is 14.2 Å². The molecule has 3 fully saturated rings. The molecule has 0 radical (unpaired) electrons. The number of anilines is 1. The Balaban J connectivity index is 1.62. The van der Waals surface area contributed by atoms with E-state index in [1.807, 2.05) is 4.90 Å². The van der Waals surface area contributed by atoms with Crippen molar-refractivity contribution in [2.75, 3.05) is 25.2 Å². The molecule has 0 spiro atoms. The van der Waals surface area contributed by atoms with Gasteiger partial charge in [0, 0.05) is 16.8 Å². The van der Waals surface area contributed by atoms with E-state index in [0.29, 0.717) is 24.0 Å². The summed E-state index contributed by atoms with van der Waals surface area (Å²) in [5.74, 6) is 0.542. The van der Waals surface area contributed by atoms with E-state index in [1.165, 1.54) is 18.4 Å². The second-order valence-electron chi connectivity index (χ2n) is 11.5. The fourth-order valence-corrected chi connectivity index (χ4v) is 6.50. The highest BCUT2D eigenvalue weighted by atomic mass is 32.1. The summed E-state index contributed by atoms with van der Waals surface area (Å²) in [4.78, 5) is 30.6. The predicted molar refractivity (Wildman–Crippen MR) is 135 cm³/mol. The first-order valence-electron chi connectivity index (χ1n) is 13.0. The zero-order chi connectivity index (χ0) is 24.5. The number of hydrogen-bond donors (Lipinski definition) is 0. The molecule has 190 valence electrons. The summed E-state index contributed by atoms with van der Waals surface area (Å²) in [6.45, 7) is 10.1. The van der Waals surface area contributed by atoms with Gasteiger partial charge in [0.15, 0.2) is 0 Å². The molecule has 2 saturated carbocycles. The Kier molecular flexibility index (Phi) is 8.05. The van der Waals surface area contributed by atoms with Crippen LogP contribution in [0.1, 0.15) is 93.6 Å². The standard InChI is InChI=1S/C27H41NO5S/c1-17-6-8-18(9-7-17)25(29)28(19-10-12-20(13-11-19)33-21-15-32-16-21)22-14-23(27(2,3)4)34-24(22)26(30)31-5/h14,17-21H,6-13,15-16H2,1-5H3. The molecular weight excluding hydrogens is 450 g/mol. The lowest BCUT2D eigenvalue weighted by Crippen LogP contribution is -2.48. The average molecular weight is 492 g/mol. The van der Waals surface area contributed by atoms with Gasteiger partial charge in [-0.15, -0.1) is 11.3 Å². The molecule has 1 aliphatic heterocycles. The van der Waals surface area contributed by atoms with Crippen molar-refractivity contribution in [1.29, 1.82) is 0 Å². The van der Waals surface area contributed by atoms with Crippen molar-refractivity contribution in [3.63, 3.8) is 0 Å². The van der Waals surface area contributed by atoms with Gasteiger partial charge in [0.25, 0.3) is 0 Å². The molecule has 1 aromatic heterocycles. The van der Waals surface area contributed by atoms with E-state index in [0.717, 1.165) is 61.9 Å². The number of thiophene rings is 1. The molecule has 2 heterocycles. The van der Waals surface area contributed by atoms with Gasteiger partial charge in [0.2, 0.25) is 5.91 Å². The van der Waals surface area contributed by atoms with Crippen LogP contribution < -0.4 is 4.90 Å². The van der Waals surface area contributed by atoms with Gasteiger partial charge < -0.3 is 19.1 Å². The van der Waals surface area contributed by atoms with Crippen molar-refractivity contribution >= 4 is 28.9 Å².